The number of methoxy groups -OCH3 is 2. The summed E-state index contributed by atoms with van der Waals surface area (Å²) in [6, 6.07) is 38.9. The summed E-state index contributed by atoms with van der Waals surface area (Å²) in [6.45, 7) is 8.16. The summed E-state index contributed by atoms with van der Waals surface area (Å²) in [5.41, 5.74) is 5.15. The van der Waals surface area contributed by atoms with E-state index in [0.717, 1.165) is 37.7 Å². The van der Waals surface area contributed by atoms with E-state index in [-0.39, 0.29) is 12.1 Å². The first-order valence-corrected chi connectivity index (χ1v) is 13.4. The van der Waals surface area contributed by atoms with Gasteiger partial charge in [-0.3, -0.25) is 9.80 Å². The summed E-state index contributed by atoms with van der Waals surface area (Å²) in [5.74, 6) is 1.79. The minimum Gasteiger partial charge on any atom is -0.497 e. The van der Waals surface area contributed by atoms with Gasteiger partial charge in [0.05, 0.1) is 14.2 Å². The van der Waals surface area contributed by atoms with Gasteiger partial charge in [0.25, 0.3) is 0 Å². The van der Waals surface area contributed by atoms with Crippen LogP contribution < -0.4 is 9.47 Å². The number of nitrogens with zero attached hydrogens (tertiary/aromatic N) is 2. The Balaban J connectivity index is 1.59. The van der Waals surface area contributed by atoms with Gasteiger partial charge in [0.15, 0.2) is 0 Å². The van der Waals surface area contributed by atoms with Crippen molar-refractivity contribution in [2.24, 2.45) is 0 Å². The average molecular weight is 509 g/mol. The number of rotatable bonds is 13. The van der Waals surface area contributed by atoms with Gasteiger partial charge in [-0.2, -0.15) is 0 Å². The lowest BCUT2D eigenvalue weighted by Crippen LogP contribution is -2.37. The molecule has 4 heteroatoms. The summed E-state index contributed by atoms with van der Waals surface area (Å²) in [4.78, 5) is 5.14. The highest BCUT2D eigenvalue weighted by Gasteiger charge is 2.21. The maximum Gasteiger partial charge on any atom is 0.119 e. The minimum atomic E-state index is 0.271. The molecule has 0 aromatic heterocycles. The third-order valence-electron chi connectivity index (χ3n) is 7.37. The van der Waals surface area contributed by atoms with Crippen molar-refractivity contribution < 1.29 is 9.47 Å². The van der Waals surface area contributed by atoms with Gasteiger partial charge in [-0.15, -0.1) is 0 Å². The minimum absolute atomic E-state index is 0.271. The van der Waals surface area contributed by atoms with Crippen LogP contribution in [0.2, 0.25) is 0 Å². The molecule has 0 saturated carbocycles. The van der Waals surface area contributed by atoms with Crippen molar-refractivity contribution in [2.45, 2.75) is 39.0 Å². The highest BCUT2D eigenvalue weighted by Crippen LogP contribution is 2.27. The number of ether oxygens (including phenoxy) is 2. The maximum absolute atomic E-state index is 5.51. The summed E-state index contributed by atoms with van der Waals surface area (Å²) in [6.07, 6.45) is 0. The van der Waals surface area contributed by atoms with Gasteiger partial charge in [0, 0.05) is 38.3 Å². The predicted octanol–water partition coefficient (Wildman–Crippen LogP) is 7.53. The largest absolute Gasteiger partial charge is 0.497 e. The molecule has 198 valence electrons. The Bertz CT molecular complexity index is 1150. The third-order valence-corrected chi connectivity index (χ3v) is 7.37. The van der Waals surface area contributed by atoms with E-state index in [0.29, 0.717) is 0 Å². The second-order valence-electron chi connectivity index (χ2n) is 9.82. The second-order valence-corrected chi connectivity index (χ2v) is 9.82. The van der Waals surface area contributed by atoms with Gasteiger partial charge in [-0.1, -0.05) is 84.9 Å². The summed E-state index contributed by atoms with van der Waals surface area (Å²) < 4.78 is 11.0. The van der Waals surface area contributed by atoms with Gasteiger partial charge >= 0.3 is 0 Å². The molecule has 38 heavy (non-hydrogen) atoms. The molecule has 0 fully saturated rings. The Labute approximate surface area is 228 Å². The van der Waals surface area contributed by atoms with Crippen LogP contribution in [0.3, 0.4) is 0 Å². The van der Waals surface area contributed by atoms with Crippen molar-refractivity contribution in [2.75, 3.05) is 27.3 Å². The van der Waals surface area contributed by atoms with E-state index in [2.05, 4.69) is 121 Å². The molecular formula is C34H40N2O2. The highest BCUT2D eigenvalue weighted by molar-refractivity contribution is 5.30. The first kappa shape index (κ1) is 27.4. The van der Waals surface area contributed by atoms with E-state index in [9.17, 15) is 0 Å². The first-order chi connectivity index (χ1) is 18.6. The molecule has 4 aromatic carbocycles. The fourth-order valence-corrected chi connectivity index (χ4v) is 4.97. The summed E-state index contributed by atoms with van der Waals surface area (Å²) in [5, 5.41) is 0. The monoisotopic (exact) mass is 508 g/mol. The molecule has 4 aromatic rings. The lowest BCUT2D eigenvalue weighted by molar-refractivity contribution is 0.133. The van der Waals surface area contributed by atoms with Crippen LogP contribution in [0.1, 0.15) is 48.2 Å². The number of benzene rings is 4. The average Bonchev–Trinajstić information content (AvgIpc) is 2.98. The van der Waals surface area contributed by atoms with Crippen LogP contribution in [0.5, 0.6) is 11.5 Å². The van der Waals surface area contributed by atoms with Gasteiger partial charge in [0.1, 0.15) is 11.5 Å². The zero-order chi connectivity index (χ0) is 26.7. The quantitative estimate of drug-likeness (QED) is 0.186. The molecule has 0 radical (unpaired) electrons. The number of hydrogen-bond acceptors (Lipinski definition) is 4. The molecule has 2 atom stereocenters. The zero-order valence-electron chi connectivity index (χ0n) is 23.1. The molecule has 0 aliphatic carbocycles. The fourth-order valence-electron chi connectivity index (χ4n) is 4.97. The topological polar surface area (TPSA) is 24.9 Å². The van der Waals surface area contributed by atoms with Crippen molar-refractivity contribution in [3.8, 4) is 11.5 Å². The Morgan fingerprint density at radius 1 is 0.526 bits per heavy atom. The van der Waals surface area contributed by atoms with E-state index >= 15 is 0 Å². The molecule has 4 rings (SSSR count). The lowest BCUT2D eigenvalue weighted by atomic mass is 10.0. The van der Waals surface area contributed by atoms with Crippen LogP contribution in [0.25, 0.3) is 0 Å². The van der Waals surface area contributed by atoms with Crippen LogP contribution in [0, 0.1) is 0 Å². The van der Waals surface area contributed by atoms with Crippen LogP contribution in [-0.4, -0.2) is 37.1 Å². The Hall–Kier alpha value is -3.60. The normalized spacial score (nSPS) is 12.9. The molecule has 0 aliphatic heterocycles. The van der Waals surface area contributed by atoms with Crippen molar-refractivity contribution in [1.29, 1.82) is 0 Å². The van der Waals surface area contributed by atoms with Crippen LogP contribution in [0.4, 0.5) is 0 Å². The van der Waals surface area contributed by atoms with E-state index < -0.39 is 0 Å². The van der Waals surface area contributed by atoms with Gasteiger partial charge < -0.3 is 9.47 Å². The van der Waals surface area contributed by atoms with E-state index in [1.165, 1.54) is 22.3 Å². The maximum atomic E-state index is 5.51. The smallest absolute Gasteiger partial charge is 0.119 e. The molecule has 0 unspecified atom stereocenters. The van der Waals surface area contributed by atoms with Gasteiger partial charge in [-0.05, 0) is 60.4 Å². The Kier molecular flexibility index (Phi) is 9.97. The summed E-state index contributed by atoms with van der Waals surface area (Å²) >= 11 is 0. The van der Waals surface area contributed by atoms with Crippen molar-refractivity contribution in [3.05, 3.63) is 131 Å². The van der Waals surface area contributed by atoms with Crippen molar-refractivity contribution in [1.82, 2.24) is 9.80 Å². The Morgan fingerprint density at radius 3 is 1.29 bits per heavy atom. The SMILES string of the molecule is COc1cccc(CN(CCN(Cc2cccc(OC)c2)[C@@H](C)c2ccccc2)[C@@H](C)c2ccccc2)c1. The summed E-state index contributed by atoms with van der Waals surface area (Å²) in [7, 11) is 3.45. The standard InChI is InChI=1S/C34H40N2O2/c1-27(31-15-7-5-8-16-31)35(25-29-13-11-19-33(23-29)37-3)21-22-36(28(2)32-17-9-6-10-18-32)26-30-14-12-20-34(24-30)38-4/h5-20,23-24,27-28H,21-22,25-26H2,1-4H3/t27-,28-/m0/s1. The highest BCUT2D eigenvalue weighted by atomic mass is 16.5. The number of hydrogen-bond donors (Lipinski definition) is 0. The second kappa shape index (κ2) is 13.8. The van der Waals surface area contributed by atoms with Crippen LogP contribution >= 0.6 is 0 Å². The van der Waals surface area contributed by atoms with Crippen LogP contribution in [0.15, 0.2) is 109 Å². The predicted molar refractivity (Wildman–Crippen MR) is 157 cm³/mol. The lowest BCUT2D eigenvalue weighted by Gasteiger charge is -2.35. The third kappa shape index (κ3) is 7.47. The fraction of sp³-hybridized carbons (Fsp3) is 0.294. The Morgan fingerprint density at radius 2 is 0.921 bits per heavy atom. The van der Waals surface area contributed by atoms with Crippen molar-refractivity contribution >= 4 is 0 Å². The molecule has 0 saturated heterocycles. The van der Waals surface area contributed by atoms with Crippen LogP contribution in [-0.2, 0) is 13.1 Å². The molecule has 0 bridgehead atoms. The van der Waals surface area contributed by atoms with E-state index in [4.69, 9.17) is 9.47 Å². The molecule has 0 aliphatic rings. The zero-order valence-corrected chi connectivity index (χ0v) is 23.1. The van der Waals surface area contributed by atoms with E-state index in [1.807, 2.05) is 12.1 Å². The van der Waals surface area contributed by atoms with E-state index in [1.54, 1.807) is 14.2 Å². The van der Waals surface area contributed by atoms with Gasteiger partial charge in [-0.25, -0.2) is 0 Å². The first-order valence-electron chi connectivity index (χ1n) is 13.4. The molecule has 0 spiro atoms. The molecule has 4 nitrogen and oxygen atoms in total. The molecule has 0 N–H and O–H groups in total. The molecule has 0 amide bonds. The molecular weight excluding hydrogens is 468 g/mol. The van der Waals surface area contributed by atoms with Crippen molar-refractivity contribution in [3.63, 3.8) is 0 Å². The van der Waals surface area contributed by atoms with Gasteiger partial charge in [0.2, 0.25) is 0 Å². The molecule has 0 heterocycles.